The van der Waals surface area contributed by atoms with Crippen molar-refractivity contribution in [2.75, 3.05) is 19.0 Å². The quantitative estimate of drug-likeness (QED) is 0.415. The number of benzene rings is 1. The molecule has 1 aromatic carbocycles. The van der Waals surface area contributed by atoms with E-state index in [1.807, 2.05) is 0 Å². The third kappa shape index (κ3) is 3.90. The standard InChI is InChI=1S/C12H18N4O4/c1-12(2,18)7-15(3)11(17)9-6-8(16(19)20)4-5-10(9)14-13/h4-6,14,18H,7,13H2,1-3H3. The number of anilines is 1. The fourth-order valence-electron chi connectivity index (χ4n) is 1.81. The van der Waals surface area contributed by atoms with Gasteiger partial charge in [0.15, 0.2) is 0 Å². The second kappa shape index (κ2) is 5.85. The maximum absolute atomic E-state index is 12.3. The number of nitrogens with two attached hydrogens (primary N) is 1. The van der Waals surface area contributed by atoms with Crippen LogP contribution < -0.4 is 11.3 Å². The Bertz CT molecular complexity index is 525. The molecular formula is C12H18N4O4. The largest absolute Gasteiger partial charge is 0.389 e. The Labute approximate surface area is 116 Å². The molecule has 0 aliphatic heterocycles. The SMILES string of the molecule is CN(CC(C)(C)O)C(=O)c1cc([N+](=O)[O-])ccc1NN. The highest BCUT2D eigenvalue weighted by atomic mass is 16.6. The minimum atomic E-state index is -1.07. The van der Waals surface area contributed by atoms with Crippen LogP contribution >= 0.6 is 0 Å². The summed E-state index contributed by atoms with van der Waals surface area (Å²) in [6.07, 6.45) is 0. The molecule has 0 heterocycles. The third-order valence-corrected chi connectivity index (χ3v) is 2.57. The van der Waals surface area contributed by atoms with Crippen molar-refractivity contribution in [1.29, 1.82) is 0 Å². The van der Waals surface area contributed by atoms with Gasteiger partial charge < -0.3 is 15.4 Å². The molecular weight excluding hydrogens is 264 g/mol. The van der Waals surface area contributed by atoms with Crippen LogP contribution in [0.4, 0.5) is 11.4 Å². The van der Waals surface area contributed by atoms with Gasteiger partial charge in [-0.3, -0.25) is 20.8 Å². The Hall–Kier alpha value is -2.19. The summed E-state index contributed by atoms with van der Waals surface area (Å²) in [6, 6.07) is 3.77. The monoisotopic (exact) mass is 282 g/mol. The topological polar surface area (TPSA) is 122 Å². The number of hydrogen-bond donors (Lipinski definition) is 3. The van der Waals surface area contributed by atoms with Gasteiger partial charge in [0, 0.05) is 25.7 Å². The normalized spacial score (nSPS) is 11.1. The van der Waals surface area contributed by atoms with Crippen LogP contribution in [0.25, 0.3) is 0 Å². The number of nitrogen functional groups attached to an aromatic ring is 1. The molecule has 0 aliphatic carbocycles. The molecule has 0 aromatic heterocycles. The lowest BCUT2D eigenvalue weighted by molar-refractivity contribution is -0.384. The number of amides is 1. The average Bonchev–Trinajstić information content (AvgIpc) is 2.34. The predicted molar refractivity (Wildman–Crippen MR) is 74.2 cm³/mol. The zero-order valence-electron chi connectivity index (χ0n) is 11.6. The van der Waals surface area contributed by atoms with Crippen LogP contribution in [0.3, 0.4) is 0 Å². The zero-order chi connectivity index (χ0) is 15.5. The summed E-state index contributed by atoms with van der Waals surface area (Å²) in [5.41, 5.74) is 1.41. The Kier molecular flexibility index (Phi) is 4.64. The van der Waals surface area contributed by atoms with Crippen LogP contribution in [0.15, 0.2) is 18.2 Å². The number of non-ortho nitro benzene ring substituents is 1. The van der Waals surface area contributed by atoms with Crippen molar-refractivity contribution in [3.63, 3.8) is 0 Å². The van der Waals surface area contributed by atoms with E-state index in [1.165, 1.54) is 24.1 Å². The summed E-state index contributed by atoms with van der Waals surface area (Å²) >= 11 is 0. The summed E-state index contributed by atoms with van der Waals surface area (Å²) in [5, 5.41) is 20.5. The van der Waals surface area contributed by atoms with Gasteiger partial charge in [-0.15, -0.1) is 0 Å². The van der Waals surface area contributed by atoms with Crippen molar-refractivity contribution in [3.05, 3.63) is 33.9 Å². The van der Waals surface area contributed by atoms with Crippen molar-refractivity contribution < 1.29 is 14.8 Å². The van der Waals surface area contributed by atoms with Crippen molar-refractivity contribution in [1.82, 2.24) is 4.90 Å². The first-order valence-corrected chi connectivity index (χ1v) is 5.88. The van der Waals surface area contributed by atoms with Crippen molar-refractivity contribution >= 4 is 17.3 Å². The second-order valence-corrected chi connectivity index (χ2v) is 5.10. The molecule has 110 valence electrons. The minimum absolute atomic E-state index is 0.0773. The Balaban J connectivity index is 3.13. The van der Waals surface area contributed by atoms with Crippen LogP contribution in [0, 0.1) is 10.1 Å². The molecule has 20 heavy (non-hydrogen) atoms. The lowest BCUT2D eigenvalue weighted by atomic mass is 10.1. The number of nitrogens with one attached hydrogen (secondary N) is 1. The molecule has 0 radical (unpaired) electrons. The molecule has 8 heteroatoms. The van der Waals surface area contributed by atoms with Gasteiger partial charge in [0.05, 0.1) is 21.8 Å². The maximum Gasteiger partial charge on any atom is 0.270 e. The van der Waals surface area contributed by atoms with Gasteiger partial charge in [-0.2, -0.15) is 0 Å². The van der Waals surface area contributed by atoms with Crippen molar-refractivity contribution in [2.24, 2.45) is 5.84 Å². The molecule has 0 unspecified atom stereocenters. The maximum atomic E-state index is 12.3. The Morgan fingerprint density at radius 2 is 2.15 bits per heavy atom. The molecule has 1 rings (SSSR count). The molecule has 1 amide bonds. The fraction of sp³-hybridized carbons (Fsp3) is 0.417. The predicted octanol–water partition coefficient (Wildman–Crippen LogP) is 0.723. The number of hydrazine groups is 1. The van der Waals surface area contributed by atoms with E-state index < -0.39 is 16.4 Å². The van der Waals surface area contributed by atoms with E-state index in [0.29, 0.717) is 0 Å². The van der Waals surface area contributed by atoms with Gasteiger partial charge in [0.2, 0.25) is 0 Å². The molecule has 0 bridgehead atoms. The molecule has 4 N–H and O–H groups in total. The molecule has 1 aromatic rings. The summed E-state index contributed by atoms with van der Waals surface area (Å²) < 4.78 is 0. The fourth-order valence-corrected chi connectivity index (χ4v) is 1.81. The van der Waals surface area contributed by atoms with Crippen LogP contribution in [0.2, 0.25) is 0 Å². The number of nitro groups is 1. The summed E-state index contributed by atoms with van der Waals surface area (Å²) in [5.74, 6) is 4.83. The first-order chi connectivity index (χ1) is 9.15. The van der Waals surface area contributed by atoms with Crippen molar-refractivity contribution in [2.45, 2.75) is 19.4 Å². The Morgan fingerprint density at radius 1 is 1.55 bits per heavy atom. The Morgan fingerprint density at radius 3 is 2.60 bits per heavy atom. The smallest absolute Gasteiger partial charge is 0.270 e. The van der Waals surface area contributed by atoms with Gasteiger partial charge in [-0.25, -0.2) is 0 Å². The molecule has 8 nitrogen and oxygen atoms in total. The molecule has 0 saturated heterocycles. The highest BCUT2D eigenvalue weighted by Crippen LogP contribution is 2.23. The van der Waals surface area contributed by atoms with Gasteiger partial charge >= 0.3 is 0 Å². The van der Waals surface area contributed by atoms with Crippen LogP contribution in [0.5, 0.6) is 0 Å². The highest BCUT2D eigenvalue weighted by Gasteiger charge is 2.23. The van der Waals surface area contributed by atoms with E-state index >= 15 is 0 Å². The zero-order valence-corrected chi connectivity index (χ0v) is 11.6. The van der Waals surface area contributed by atoms with Crippen LogP contribution in [0.1, 0.15) is 24.2 Å². The third-order valence-electron chi connectivity index (χ3n) is 2.57. The molecule has 0 fully saturated rings. The second-order valence-electron chi connectivity index (χ2n) is 5.10. The molecule has 0 aliphatic rings. The highest BCUT2D eigenvalue weighted by molar-refractivity contribution is 6.00. The number of aliphatic hydroxyl groups is 1. The van der Waals surface area contributed by atoms with Crippen LogP contribution in [-0.2, 0) is 0 Å². The van der Waals surface area contributed by atoms with E-state index in [4.69, 9.17) is 5.84 Å². The number of nitro benzene ring substituents is 1. The first kappa shape index (κ1) is 15.9. The van der Waals surface area contributed by atoms with E-state index in [-0.39, 0.29) is 23.5 Å². The van der Waals surface area contributed by atoms with Gasteiger partial charge in [-0.1, -0.05) is 0 Å². The number of likely N-dealkylation sites (N-methyl/N-ethyl adjacent to an activating group) is 1. The van der Waals surface area contributed by atoms with Crippen LogP contribution in [-0.4, -0.2) is 40.0 Å². The van der Waals surface area contributed by atoms with Crippen molar-refractivity contribution in [3.8, 4) is 0 Å². The number of rotatable bonds is 5. The van der Waals surface area contributed by atoms with E-state index in [9.17, 15) is 20.0 Å². The number of hydrogen-bond acceptors (Lipinski definition) is 6. The number of nitrogens with zero attached hydrogens (tertiary/aromatic N) is 2. The lowest BCUT2D eigenvalue weighted by Gasteiger charge is -2.26. The number of carbonyl (C=O) groups excluding carboxylic acids is 1. The van der Waals surface area contributed by atoms with Gasteiger partial charge in [0.25, 0.3) is 11.6 Å². The van der Waals surface area contributed by atoms with E-state index in [2.05, 4.69) is 5.43 Å². The molecule has 0 spiro atoms. The number of carbonyl (C=O) groups is 1. The summed E-state index contributed by atoms with van der Waals surface area (Å²) in [4.78, 5) is 23.7. The summed E-state index contributed by atoms with van der Waals surface area (Å²) in [6.45, 7) is 3.21. The minimum Gasteiger partial charge on any atom is -0.389 e. The molecule has 0 saturated carbocycles. The van der Waals surface area contributed by atoms with E-state index in [0.717, 1.165) is 6.07 Å². The first-order valence-electron chi connectivity index (χ1n) is 5.88. The molecule has 0 atom stereocenters. The van der Waals surface area contributed by atoms with Gasteiger partial charge in [0.1, 0.15) is 0 Å². The summed E-state index contributed by atoms with van der Waals surface area (Å²) in [7, 11) is 1.50. The average molecular weight is 282 g/mol. The van der Waals surface area contributed by atoms with E-state index in [1.54, 1.807) is 13.8 Å². The lowest BCUT2D eigenvalue weighted by Crippen LogP contribution is -2.40. The van der Waals surface area contributed by atoms with Gasteiger partial charge in [-0.05, 0) is 19.9 Å².